The van der Waals surface area contributed by atoms with Crippen LogP contribution in [0.2, 0.25) is 0 Å². The van der Waals surface area contributed by atoms with Crippen molar-refractivity contribution >= 4 is 23.6 Å². The van der Waals surface area contributed by atoms with Gasteiger partial charge in [-0.05, 0) is 37.5 Å². The van der Waals surface area contributed by atoms with Gasteiger partial charge in [-0.2, -0.15) is 0 Å². The van der Waals surface area contributed by atoms with Crippen LogP contribution in [0.4, 0.5) is 0 Å². The molecule has 2 aliphatic rings. The highest BCUT2D eigenvalue weighted by atomic mass is 32.2. The third kappa shape index (κ3) is 4.08. The van der Waals surface area contributed by atoms with Crippen molar-refractivity contribution < 1.29 is 19.4 Å². The summed E-state index contributed by atoms with van der Waals surface area (Å²) < 4.78 is 11.8. The average Bonchev–Trinajstić information content (AvgIpc) is 2.99. The molecule has 2 aromatic carbocycles. The molecule has 0 bridgehead atoms. The predicted octanol–water partition coefficient (Wildman–Crippen LogP) is 3.84. The summed E-state index contributed by atoms with van der Waals surface area (Å²) in [6, 6.07) is 19.7. The van der Waals surface area contributed by atoms with Crippen LogP contribution in [-0.4, -0.2) is 40.2 Å². The predicted molar refractivity (Wildman–Crippen MR) is 111 cm³/mol. The number of ether oxygens (including phenoxy) is 2. The lowest BCUT2D eigenvalue weighted by Crippen LogP contribution is -2.43. The molecule has 146 valence electrons. The minimum atomic E-state index is -0.900. The lowest BCUT2D eigenvalue weighted by molar-refractivity contribution is -0.158. The molecule has 4 atom stereocenters. The molecule has 4 nitrogen and oxygen atoms in total. The van der Waals surface area contributed by atoms with Crippen molar-refractivity contribution in [1.82, 2.24) is 0 Å². The Balaban J connectivity index is 1.71. The van der Waals surface area contributed by atoms with Crippen LogP contribution < -0.4 is 0 Å². The van der Waals surface area contributed by atoms with E-state index in [9.17, 15) is 9.90 Å². The minimum absolute atomic E-state index is 0.126. The van der Waals surface area contributed by atoms with E-state index in [1.54, 1.807) is 13.8 Å². The van der Waals surface area contributed by atoms with Crippen LogP contribution in [-0.2, 0) is 20.7 Å². The van der Waals surface area contributed by atoms with E-state index < -0.39 is 24.1 Å². The molecule has 2 heterocycles. The topological polar surface area (TPSA) is 55.8 Å². The van der Waals surface area contributed by atoms with Gasteiger partial charge in [0, 0.05) is 5.25 Å². The summed E-state index contributed by atoms with van der Waals surface area (Å²) in [6.07, 6.45) is 0.231. The highest BCUT2D eigenvalue weighted by Gasteiger charge is 2.53. The SMILES string of the molecule is CC1(C)OC2C(=O)/C(=C/c3ccccc3)SC(Cc3ccccc3)C(O)C2O1. The fourth-order valence-corrected chi connectivity index (χ4v) is 5.03. The van der Waals surface area contributed by atoms with Gasteiger partial charge in [-0.25, -0.2) is 0 Å². The smallest absolute Gasteiger partial charge is 0.200 e. The number of hydrogen-bond acceptors (Lipinski definition) is 5. The summed E-state index contributed by atoms with van der Waals surface area (Å²) in [5, 5.41) is 10.9. The molecule has 5 heteroatoms. The molecule has 4 rings (SSSR count). The summed E-state index contributed by atoms with van der Waals surface area (Å²) >= 11 is 1.42. The normalized spacial score (nSPS) is 30.8. The summed E-state index contributed by atoms with van der Waals surface area (Å²) in [4.78, 5) is 13.9. The largest absolute Gasteiger partial charge is 0.389 e. The van der Waals surface area contributed by atoms with Crippen molar-refractivity contribution in [3.05, 3.63) is 76.7 Å². The van der Waals surface area contributed by atoms with Crippen LogP contribution in [0.25, 0.3) is 6.08 Å². The number of aliphatic hydroxyl groups excluding tert-OH is 1. The van der Waals surface area contributed by atoms with Gasteiger partial charge in [0.05, 0.1) is 11.0 Å². The Morgan fingerprint density at radius 1 is 1.04 bits per heavy atom. The van der Waals surface area contributed by atoms with Crippen molar-refractivity contribution in [2.24, 2.45) is 0 Å². The van der Waals surface area contributed by atoms with Gasteiger partial charge in [0.25, 0.3) is 0 Å². The maximum Gasteiger partial charge on any atom is 0.200 e. The quantitative estimate of drug-likeness (QED) is 0.799. The molecule has 2 saturated heterocycles. The summed E-state index contributed by atoms with van der Waals surface area (Å²) in [5.74, 6) is -1.03. The lowest BCUT2D eigenvalue weighted by atomic mass is 9.98. The molecular weight excluding hydrogens is 372 g/mol. The van der Waals surface area contributed by atoms with E-state index >= 15 is 0 Å². The number of carbonyl (C=O) groups excluding carboxylic acids is 1. The maximum atomic E-state index is 13.3. The van der Waals surface area contributed by atoms with Crippen LogP contribution in [0.15, 0.2) is 65.6 Å². The van der Waals surface area contributed by atoms with Crippen molar-refractivity contribution in [3.8, 4) is 0 Å². The molecule has 0 radical (unpaired) electrons. The first-order chi connectivity index (χ1) is 13.4. The van der Waals surface area contributed by atoms with Gasteiger partial charge in [0.2, 0.25) is 5.78 Å². The molecule has 0 spiro atoms. The molecule has 0 amide bonds. The first-order valence-corrected chi connectivity index (χ1v) is 10.4. The Bertz CT molecular complexity index is 863. The fraction of sp³-hybridized carbons (Fsp3) is 0.348. The third-order valence-electron chi connectivity index (χ3n) is 5.00. The van der Waals surface area contributed by atoms with E-state index in [1.165, 1.54) is 11.8 Å². The van der Waals surface area contributed by atoms with Crippen molar-refractivity contribution in [3.63, 3.8) is 0 Å². The fourth-order valence-electron chi connectivity index (χ4n) is 3.70. The van der Waals surface area contributed by atoms with Crippen LogP contribution in [0.5, 0.6) is 0 Å². The second-order valence-electron chi connectivity index (χ2n) is 7.64. The Hall–Kier alpha value is -1.92. The second kappa shape index (κ2) is 7.84. The Kier molecular flexibility index (Phi) is 5.43. The van der Waals surface area contributed by atoms with Crippen molar-refractivity contribution in [1.29, 1.82) is 0 Å². The maximum absolute atomic E-state index is 13.3. The summed E-state index contributed by atoms with van der Waals surface area (Å²) in [7, 11) is 0. The van der Waals surface area contributed by atoms with Gasteiger partial charge in [0.1, 0.15) is 6.10 Å². The minimum Gasteiger partial charge on any atom is -0.389 e. The lowest BCUT2D eigenvalue weighted by Gasteiger charge is -2.26. The summed E-state index contributed by atoms with van der Waals surface area (Å²) in [6.45, 7) is 3.56. The van der Waals surface area contributed by atoms with Crippen molar-refractivity contribution in [2.75, 3.05) is 0 Å². The number of Topliss-reactive ketones (excluding diaryl/α,β-unsaturated/α-hetero) is 1. The number of thioether (sulfide) groups is 1. The zero-order chi connectivity index (χ0) is 19.7. The Morgan fingerprint density at radius 3 is 2.36 bits per heavy atom. The highest BCUT2D eigenvalue weighted by Crippen LogP contribution is 2.42. The van der Waals surface area contributed by atoms with Crippen molar-refractivity contribution in [2.45, 2.75) is 49.6 Å². The number of carbonyl (C=O) groups is 1. The summed E-state index contributed by atoms with van der Waals surface area (Å²) in [5.41, 5.74) is 2.06. The number of benzene rings is 2. The first kappa shape index (κ1) is 19.4. The Morgan fingerprint density at radius 2 is 1.68 bits per heavy atom. The van der Waals surface area contributed by atoms with Gasteiger partial charge in [-0.3, -0.25) is 4.79 Å². The average molecular weight is 397 g/mol. The number of ketones is 1. The van der Waals surface area contributed by atoms with Crippen LogP contribution in [0.1, 0.15) is 25.0 Å². The number of rotatable bonds is 3. The second-order valence-corrected chi connectivity index (χ2v) is 8.92. The van der Waals surface area contributed by atoms with Gasteiger partial charge >= 0.3 is 0 Å². The molecular formula is C23H24O4S. The van der Waals surface area contributed by atoms with Crippen LogP contribution >= 0.6 is 11.8 Å². The Labute approximate surface area is 169 Å². The molecule has 2 aromatic rings. The molecule has 0 aliphatic carbocycles. The zero-order valence-electron chi connectivity index (χ0n) is 15.9. The number of fused-ring (bicyclic) bond motifs is 1. The van der Waals surface area contributed by atoms with Gasteiger partial charge in [0.15, 0.2) is 11.9 Å². The molecule has 0 saturated carbocycles. The van der Waals surface area contributed by atoms with E-state index in [-0.39, 0.29) is 11.0 Å². The van der Waals surface area contributed by atoms with E-state index in [4.69, 9.17) is 9.47 Å². The van der Waals surface area contributed by atoms with Gasteiger partial charge in [-0.1, -0.05) is 60.7 Å². The molecule has 2 fully saturated rings. The molecule has 2 aliphatic heterocycles. The molecule has 4 unspecified atom stereocenters. The number of aliphatic hydroxyl groups is 1. The zero-order valence-corrected chi connectivity index (χ0v) is 16.8. The number of hydrogen-bond donors (Lipinski definition) is 1. The highest BCUT2D eigenvalue weighted by molar-refractivity contribution is 8.04. The standard InChI is InChI=1S/C23H24O4S/c1-23(2)26-21-19(24)17(13-15-9-5-3-6-10-15)28-18(20(25)22(21)27-23)14-16-11-7-4-8-12-16/h3-13,18,20-22,25H,14H2,1-2H3/b17-13-. The molecule has 28 heavy (non-hydrogen) atoms. The van der Waals surface area contributed by atoms with Gasteiger partial charge in [-0.15, -0.1) is 11.8 Å². The van der Waals surface area contributed by atoms with E-state index in [1.807, 2.05) is 66.7 Å². The molecule has 1 N–H and O–H groups in total. The monoisotopic (exact) mass is 396 g/mol. The van der Waals surface area contributed by atoms with Gasteiger partial charge < -0.3 is 14.6 Å². The molecule has 0 aromatic heterocycles. The van der Waals surface area contributed by atoms with E-state index in [0.29, 0.717) is 11.3 Å². The first-order valence-electron chi connectivity index (χ1n) is 9.48. The third-order valence-corrected chi connectivity index (χ3v) is 6.32. The van der Waals surface area contributed by atoms with Crippen LogP contribution in [0, 0.1) is 0 Å². The van der Waals surface area contributed by atoms with E-state index in [2.05, 4.69) is 0 Å². The van der Waals surface area contributed by atoms with E-state index in [0.717, 1.165) is 11.1 Å². The van der Waals surface area contributed by atoms with Crippen LogP contribution in [0.3, 0.4) is 0 Å².